The van der Waals surface area contributed by atoms with Crippen molar-refractivity contribution in [3.05, 3.63) is 70.8 Å². The average Bonchev–Trinajstić information content (AvgIpc) is 3.06. The molecular formula is C18H15ClN6. The number of fused-ring (bicyclic) bond motifs is 1. The monoisotopic (exact) mass is 350 g/mol. The lowest BCUT2D eigenvalue weighted by atomic mass is 10.1. The molecule has 3 aromatic heterocycles. The summed E-state index contributed by atoms with van der Waals surface area (Å²) in [4.78, 5) is 13.4. The molecule has 6 nitrogen and oxygen atoms in total. The Morgan fingerprint density at radius 2 is 1.88 bits per heavy atom. The van der Waals surface area contributed by atoms with Crippen molar-refractivity contribution < 1.29 is 0 Å². The topological polar surface area (TPSA) is 82.0 Å². The SMILES string of the molecule is Cc1c(-c2ccccc2)nc(N)n2nc(Cc3ccc(Cl)cn3)nc12. The fourth-order valence-electron chi connectivity index (χ4n) is 2.73. The predicted molar refractivity (Wildman–Crippen MR) is 97.4 cm³/mol. The highest BCUT2D eigenvalue weighted by atomic mass is 35.5. The first-order valence-electron chi connectivity index (χ1n) is 7.79. The number of benzene rings is 1. The number of pyridine rings is 1. The van der Waals surface area contributed by atoms with Crippen LogP contribution in [-0.4, -0.2) is 24.6 Å². The van der Waals surface area contributed by atoms with Crippen LogP contribution in [0.25, 0.3) is 16.9 Å². The lowest BCUT2D eigenvalue weighted by Gasteiger charge is -2.07. The number of nitrogen functional groups attached to an aromatic ring is 1. The molecule has 4 aromatic rings. The molecule has 0 atom stereocenters. The van der Waals surface area contributed by atoms with Crippen LogP contribution in [-0.2, 0) is 6.42 Å². The van der Waals surface area contributed by atoms with Gasteiger partial charge >= 0.3 is 0 Å². The van der Waals surface area contributed by atoms with Crippen LogP contribution in [0.1, 0.15) is 17.1 Å². The normalized spacial score (nSPS) is 11.1. The van der Waals surface area contributed by atoms with E-state index in [2.05, 4.69) is 20.1 Å². The van der Waals surface area contributed by atoms with Crippen LogP contribution in [0, 0.1) is 6.92 Å². The highest BCUT2D eigenvalue weighted by Crippen LogP contribution is 2.25. The molecule has 0 aliphatic heterocycles. The maximum atomic E-state index is 6.11. The van der Waals surface area contributed by atoms with E-state index >= 15 is 0 Å². The van der Waals surface area contributed by atoms with E-state index in [-0.39, 0.29) is 0 Å². The second-order valence-corrected chi connectivity index (χ2v) is 6.15. The Morgan fingerprint density at radius 3 is 2.60 bits per heavy atom. The smallest absolute Gasteiger partial charge is 0.223 e. The van der Waals surface area contributed by atoms with Gasteiger partial charge in [-0.25, -0.2) is 9.97 Å². The molecule has 0 aliphatic rings. The van der Waals surface area contributed by atoms with Crippen molar-refractivity contribution in [1.82, 2.24) is 24.6 Å². The van der Waals surface area contributed by atoms with Gasteiger partial charge in [-0.15, -0.1) is 5.10 Å². The molecule has 124 valence electrons. The minimum Gasteiger partial charge on any atom is -0.368 e. The molecule has 0 saturated heterocycles. The van der Waals surface area contributed by atoms with Crippen LogP contribution < -0.4 is 5.73 Å². The largest absolute Gasteiger partial charge is 0.368 e. The number of aryl methyl sites for hydroxylation is 1. The van der Waals surface area contributed by atoms with Gasteiger partial charge in [-0.2, -0.15) is 4.52 Å². The van der Waals surface area contributed by atoms with Crippen molar-refractivity contribution in [2.24, 2.45) is 0 Å². The lowest BCUT2D eigenvalue weighted by molar-refractivity contribution is 0.877. The van der Waals surface area contributed by atoms with Gasteiger partial charge in [-0.1, -0.05) is 41.9 Å². The zero-order chi connectivity index (χ0) is 17.4. The summed E-state index contributed by atoms with van der Waals surface area (Å²) in [7, 11) is 0. The average molecular weight is 351 g/mol. The van der Waals surface area contributed by atoms with Gasteiger partial charge in [0.25, 0.3) is 0 Å². The van der Waals surface area contributed by atoms with E-state index in [0.717, 1.165) is 22.5 Å². The molecule has 0 radical (unpaired) electrons. The predicted octanol–water partition coefficient (Wildman–Crippen LogP) is 3.32. The Morgan fingerprint density at radius 1 is 1.08 bits per heavy atom. The fourth-order valence-corrected chi connectivity index (χ4v) is 2.85. The minimum atomic E-state index is 0.308. The van der Waals surface area contributed by atoms with Crippen LogP contribution >= 0.6 is 11.6 Å². The molecule has 0 bridgehead atoms. The number of aromatic nitrogens is 5. The van der Waals surface area contributed by atoms with Crippen LogP contribution in [0.5, 0.6) is 0 Å². The third-order valence-corrected chi connectivity index (χ3v) is 4.18. The molecule has 25 heavy (non-hydrogen) atoms. The Bertz CT molecular complexity index is 1040. The van der Waals surface area contributed by atoms with E-state index in [1.54, 1.807) is 16.8 Å². The van der Waals surface area contributed by atoms with E-state index < -0.39 is 0 Å². The van der Waals surface area contributed by atoms with Gasteiger partial charge in [-0.05, 0) is 19.1 Å². The van der Waals surface area contributed by atoms with Crippen molar-refractivity contribution in [3.63, 3.8) is 0 Å². The lowest BCUT2D eigenvalue weighted by Crippen LogP contribution is -2.05. The highest BCUT2D eigenvalue weighted by Gasteiger charge is 2.15. The van der Waals surface area contributed by atoms with Crippen LogP contribution in [0.3, 0.4) is 0 Å². The van der Waals surface area contributed by atoms with Gasteiger partial charge in [-0.3, -0.25) is 4.98 Å². The summed E-state index contributed by atoms with van der Waals surface area (Å²) >= 11 is 5.87. The Labute approximate surface area is 149 Å². The van der Waals surface area contributed by atoms with Gasteiger partial charge < -0.3 is 5.73 Å². The Hall–Kier alpha value is -2.99. The summed E-state index contributed by atoms with van der Waals surface area (Å²) < 4.78 is 1.58. The number of nitrogens with two attached hydrogens (primary N) is 1. The van der Waals surface area contributed by atoms with E-state index in [0.29, 0.717) is 28.9 Å². The van der Waals surface area contributed by atoms with Gasteiger partial charge in [0.2, 0.25) is 5.95 Å². The molecule has 0 aliphatic carbocycles. The molecular weight excluding hydrogens is 336 g/mol. The van der Waals surface area contributed by atoms with Gasteiger partial charge in [0.15, 0.2) is 11.5 Å². The molecule has 3 heterocycles. The summed E-state index contributed by atoms with van der Waals surface area (Å²) in [6.45, 7) is 1.98. The van der Waals surface area contributed by atoms with E-state index in [9.17, 15) is 0 Å². The molecule has 0 spiro atoms. The summed E-state index contributed by atoms with van der Waals surface area (Å²) in [5.41, 5.74) is 10.4. The van der Waals surface area contributed by atoms with Crippen molar-refractivity contribution in [2.45, 2.75) is 13.3 Å². The van der Waals surface area contributed by atoms with Crippen molar-refractivity contribution in [1.29, 1.82) is 0 Å². The number of rotatable bonds is 3. The fraction of sp³-hybridized carbons (Fsp3) is 0.111. The zero-order valence-electron chi connectivity index (χ0n) is 13.5. The second-order valence-electron chi connectivity index (χ2n) is 5.72. The van der Waals surface area contributed by atoms with Crippen LogP contribution in [0.4, 0.5) is 5.95 Å². The number of hydrogen-bond acceptors (Lipinski definition) is 5. The standard InChI is InChI=1S/C18H15ClN6/c1-11-16(12-5-3-2-4-6-12)23-18(20)25-17(11)22-15(24-25)9-14-8-7-13(19)10-21-14/h2-8,10H,9H2,1H3,(H2,20,23). The summed E-state index contributed by atoms with van der Waals surface area (Å²) in [5, 5.41) is 5.07. The maximum absolute atomic E-state index is 6.11. The molecule has 0 fully saturated rings. The van der Waals surface area contributed by atoms with Crippen molar-refractivity contribution in [2.75, 3.05) is 5.73 Å². The quantitative estimate of drug-likeness (QED) is 0.613. The second kappa shape index (κ2) is 6.14. The highest BCUT2D eigenvalue weighted by molar-refractivity contribution is 6.30. The number of nitrogens with zero attached hydrogens (tertiary/aromatic N) is 5. The Balaban J connectivity index is 1.79. The first kappa shape index (κ1) is 15.5. The van der Waals surface area contributed by atoms with E-state index in [1.807, 2.05) is 43.3 Å². The molecule has 7 heteroatoms. The molecule has 2 N–H and O–H groups in total. The summed E-state index contributed by atoms with van der Waals surface area (Å²) in [6, 6.07) is 13.6. The summed E-state index contributed by atoms with van der Waals surface area (Å²) in [5.74, 6) is 0.943. The van der Waals surface area contributed by atoms with E-state index in [4.69, 9.17) is 17.3 Å². The van der Waals surface area contributed by atoms with E-state index in [1.165, 1.54) is 0 Å². The minimum absolute atomic E-state index is 0.308. The third-order valence-electron chi connectivity index (χ3n) is 3.96. The van der Waals surface area contributed by atoms with Gasteiger partial charge in [0.05, 0.1) is 17.1 Å². The first-order valence-corrected chi connectivity index (χ1v) is 8.17. The molecule has 0 unspecified atom stereocenters. The van der Waals surface area contributed by atoms with Gasteiger partial charge in [0, 0.05) is 23.0 Å². The number of halogens is 1. The first-order chi connectivity index (χ1) is 12.1. The Kier molecular flexibility index (Phi) is 3.82. The number of anilines is 1. The van der Waals surface area contributed by atoms with Crippen LogP contribution in [0.2, 0.25) is 5.02 Å². The zero-order valence-corrected chi connectivity index (χ0v) is 14.3. The summed E-state index contributed by atoms with van der Waals surface area (Å²) in [6.07, 6.45) is 2.11. The third kappa shape index (κ3) is 2.92. The number of hydrogen-bond donors (Lipinski definition) is 1. The maximum Gasteiger partial charge on any atom is 0.223 e. The van der Waals surface area contributed by atoms with Crippen LogP contribution in [0.15, 0.2) is 48.7 Å². The molecule has 4 rings (SSSR count). The van der Waals surface area contributed by atoms with Crippen molar-refractivity contribution >= 4 is 23.2 Å². The molecule has 1 aromatic carbocycles. The van der Waals surface area contributed by atoms with Gasteiger partial charge in [0.1, 0.15) is 0 Å². The van der Waals surface area contributed by atoms with Crippen molar-refractivity contribution in [3.8, 4) is 11.3 Å². The molecule has 0 amide bonds. The molecule has 0 saturated carbocycles.